The largest absolute Gasteiger partial charge is 0.480 e. The number of thiophene rings is 1. The zero-order valence-electron chi connectivity index (χ0n) is 10.1. The molecule has 100 valence electrons. The molecule has 0 aromatic carbocycles. The number of hydrogen-bond donors (Lipinski definition) is 1. The van der Waals surface area contributed by atoms with Crippen molar-refractivity contribution in [2.24, 2.45) is 0 Å². The summed E-state index contributed by atoms with van der Waals surface area (Å²) < 4.78 is 0.730. The highest BCUT2D eigenvalue weighted by Gasteiger charge is 2.21. The zero-order valence-corrected chi connectivity index (χ0v) is 12.4. The second-order valence-corrected chi connectivity index (χ2v) is 6.50. The van der Waals surface area contributed by atoms with E-state index in [2.05, 4.69) is 0 Å². The fourth-order valence-electron chi connectivity index (χ4n) is 1.15. The highest BCUT2D eigenvalue weighted by atomic mass is 35.5. The van der Waals surface area contributed by atoms with Gasteiger partial charge in [-0.05, 0) is 19.1 Å². The Bertz CT molecular complexity index is 436. The molecule has 0 aliphatic heterocycles. The summed E-state index contributed by atoms with van der Waals surface area (Å²) in [4.78, 5) is 24.8. The Morgan fingerprint density at radius 1 is 1.56 bits per heavy atom. The molecule has 1 rings (SSSR count). The van der Waals surface area contributed by atoms with Gasteiger partial charge in [-0.3, -0.25) is 4.79 Å². The van der Waals surface area contributed by atoms with E-state index in [0.717, 1.165) is 9.21 Å². The fourth-order valence-corrected chi connectivity index (χ4v) is 3.30. The molecule has 0 saturated heterocycles. The predicted octanol–water partition coefficient (Wildman–Crippen LogP) is 2.57. The number of rotatable bonds is 6. The first-order valence-corrected chi connectivity index (χ1v) is 7.57. The number of halogens is 1. The molecular weight excluding hydrogens is 294 g/mol. The van der Waals surface area contributed by atoms with Gasteiger partial charge >= 0.3 is 5.97 Å². The highest BCUT2D eigenvalue weighted by molar-refractivity contribution is 7.99. The molecule has 4 nitrogen and oxygen atoms in total. The predicted molar refractivity (Wildman–Crippen MR) is 75.4 cm³/mol. The van der Waals surface area contributed by atoms with Crippen molar-refractivity contribution in [2.45, 2.75) is 18.7 Å². The minimum absolute atomic E-state index is 0.183. The van der Waals surface area contributed by atoms with Crippen LogP contribution in [0.4, 0.5) is 0 Å². The number of amides is 1. The number of hydrogen-bond acceptors (Lipinski definition) is 4. The normalized spacial score (nSPS) is 12.2. The van der Waals surface area contributed by atoms with E-state index in [-0.39, 0.29) is 11.7 Å². The van der Waals surface area contributed by atoms with Gasteiger partial charge < -0.3 is 10.0 Å². The van der Waals surface area contributed by atoms with Crippen molar-refractivity contribution in [1.29, 1.82) is 0 Å². The summed E-state index contributed by atoms with van der Waals surface area (Å²) in [6.45, 7) is 1.49. The second kappa shape index (κ2) is 7.01. The van der Waals surface area contributed by atoms with Crippen LogP contribution >= 0.6 is 34.7 Å². The molecule has 1 amide bonds. The van der Waals surface area contributed by atoms with Crippen molar-refractivity contribution in [3.63, 3.8) is 0 Å². The Labute approximate surface area is 119 Å². The molecule has 1 N–H and O–H groups in total. The van der Waals surface area contributed by atoms with E-state index in [9.17, 15) is 9.59 Å². The Balaban J connectivity index is 2.35. The molecular formula is C11H14ClNO3S2. The van der Waals surface area contributed by atoms with Crippen LogP contribution in [-0.4, -0.2) is 40.7 Å². The van der Waals surface area contributed by atoms with E-state index in [1.54, 1.807) is 0 Å². The Kier molecular flexibility index (Phi) is 5.98. The Morgan fingerprint density at radius 3 is 2.72 bits per heavy atom. The number of carbonyl (C=O) groups is 2. The lowest BCUT2D eigenvalue weighted by Gasteiger charge is -2.21. The van der Waals surface area contributed by atoms with Gasteiger partial charge in [0.25, 0.3) is 0 Å². The van der Waals surface area contributed by atoms with Gasteiger partial charge in [-0.15, -0.1) is 23.1 Å². The van der Waals surface area contributed by atoms with Crippen molar-refractivity contribution in [1.82, 2.24) is 4.90 Å². The summed E-state index contributed by atoms with van der Waals surface area (Å²) in [5.74, 6) is -0.208. The first kappa shape index (κ1) is 15.3. The van der Waals surface area contributed by atoms with Crippen LogP contribution in [0.15, 0.2) is 12.1 Å². The molecule has 0 spiro atoms. The summed E-state index contributed by atoms with van der Waals surface area (Å²) in [5.41, 5.74) is 0. The summed E-state index contributed by atoms with van der Waals surface area (Å²) in [7, 11) is 1.50. The Hall–Kier alpha value is -0.720. The van der Waals surface area contributed by atoms with Gasteiger partial charge in [0.05, 0.1) is 10.1 Å². The summed E-state index contributed by atoms with van der Waals surface area (Å²) >= 11 is 8.74. The molecule has 1 unspecified atom stereocenters. The van der Waals surface area contributed by atoms with Gasteiger partial charge in [0.2, 0.25) is 5.91 Å². The molecule has 0 aliphatic rings. The molecule has 0 saturated carbocycles. The number of nitrogens with zero attached hydrogens (tertiary/aromatic N) is 1. The Morgan fingerprint density at radius 2 is 2.22 bits per heavy atom. The summed E-state index contributed by atoms with van der Waals surface area (Å²) in [5, 5.41) is 8.79. The monoisotopic (exact) mass is 307 g/mol. The zero-order chi connectivity index (χ0) is 13.7. The number of carboxylic acids is 1. The van der Waals surface area contributed by atoms with Gasteiger partial charge in [0.1, 0.15) is 6.04 Å². The molecule has 1 heterocycles. The van der Waals surface area contributed by atoms with E-state index >= 15 is 0 Å². The molecule has 0 bridgehead atoms. The molecule has 18 heavy (non-hydrogen) atoms. The SMILES string of the molecule is CC(C(=O)O)N(C)C(=O)CSCc1ccc(Cl)s1. The number of thioether (sulfide) groups is 1. The first-order valence-electron chi connectivity index (χ1n) is 5.22. The summed E-state index contributed by atoms with van der Waals surface area (Å²) in [6.07, 6.45) is 0. The van der Waals surface area contributed by atoms with Gasteiger partial charge in [-0.1, -0.05) is 11.6 Å². The second-order valence-electron chi connectivity index (χ2n) is 3.72. The van der Waals surface area contributed by atoms with Crippen LogP contribution in [-0.2, 0) is 15.3 Å². The molecule has 1 aromatic rings. The highest BCUT2D eigenvalue weighted by Crippen LogP contribution is 2.25. The maximum Gasteiger partial charge on any atom is 0.326 e. The molecule has 1 atom stereocenters. The van der Waals surface area contributed by atoms with Gasteiger partial charge in [0, 0.05) is 17.7 Å². The lowest BCUT2D eigenvalue weighted by Crippen LogP contribution is -2.41. The molecule has 0 fully saturated rings. The average Bonchev–Trinajstić information content (AvgIpc) is 2.72. The lowest BCUT2D eigenvalue weighted by atomic mass is 10.3. The number of likely N-dealkylation sites (N-methyl/N-ethyl adjacent to an activating group) is 1. The standard InChI is InChI=1S/C11H14ClNO3S2/c1-7(11(15)16)13(2)10(14)6-17-5-8-3-4-9(12)18-8/h3-4,7H,5-6H2,1-2H3,(H,15,16). The van der Waals surface area contributed by atoms with Crippen molar-refractivity contribution in [3.05, 3.63) is 21.3 Å². The molecule has 1 aromatic heterocycles. The molecule has 0 aliphatic carbocycles. The van der Waals surface area contributed by atoms with Crippen molar-refractivity contribution >= 4 is 46.6 Å². The third-order valence-corrected chi connectivity index (χ3v) is 4.81. The van der Waals surface area contributed by atoms with Crippen LogP contribution in [0.25, 0.3) is 0 Å². The summed E-state index contributed by atoms with van der Waals surface area (Å²) in [6, 6.07) is 2.95. The van der Waals surface area contributed by atoms with E-state index in [0.29, 0.717) is 5.75 Å². The fraction of sp³-hybridized carbons (Fsp3) is 0.455. The van der Waals surface area contributed by atoms with E-state index in [1.807, 2.05) is 12.1 Å². The van der Waals surface area contributed by atoms with Crippen molar-refractivity contribution < 1.29 is 14.7 Å². The van der Waals surface area contributed by atoms with E-state index in [1.165, 1.54) is 42.0 Å². The first-order chi connectivity index (χ1) is 8.41. The van der Waals surface area contributed by atoms with Crippen LogP contribution in [0.3, 0.4) is 0 Å². The van der Waals surface area contributed by atoms with Crippen molar-refractivity contribution in [2.75, 3.05) is 12.8 Å². The lowest BCUT2D eigenvalue weighted by molar-refractivity contribution is -0.147. The average molecular weight is 308 g/mol. The topological polar surface area (TPSA) is 57.6 Å². The van der Waals surface area contributed by atoms with Crippen LogP contribution < -0.4 is 0 Å². The van der Waals surface area contributed by atoms with Gasteiger partial charge in [-0.2, -0.15) is 0 Å². The molecule has 0 radical (unpaired) electrons. The van der Waals surface area contributed by atoms with Gasteiger partial charge in [0.15, 0.2) is 0 Å². The maximum absolute atomic E-state index is 11.7. The molecule has 7 heteroatoms. The maximum atomic E-state index is 11.7. The number of carbonyl (C=O) groups excluding carboxylic acids is 1. The third-order valence-electron chi connectivity index (χ3n) is 2.43. The van der Waals surface area contributed by atoms with E-state index < -0.39 is 12.0 Å². The van der Waals surface area contributed by atoms with Crippen LogP contribution in [0.1, 0.15) is 11.8 Å². The van der Waals surface area contributed by atoms with E-state index in [4.69, 9.17) is 16.7 Å². The smallest absolute Gasteiger partial charge is 0.326 e. The number of aliphatic carboxylic acids is 1. The third kappa shape index (κ3) is 4.51. The minimum atomic E-state index is -0.999. The number of carboxylic acid groups (broad SMARTS) is 1. The van der Waals surface area contributed by atoms with Crippen LogP contribution in [0.5, 0.6) is 0 Å². The van der Waals surface area contributed by atoms with Crippen LogP contribution in [0.2, 0.25) is 4.34 Å². The van der Waals surface area contributed by atoms with Gasteiger partial charge in [-0.25, -0.2) is 4.79 Å². The van der Waals surface area contributed by atoms with Crippen LogP contribution in [0, 0.1) is 0 Å². The minimum Gasteiger partial charge on any atom is -0.480 e. The quantitative estimate of drug-likeness (QED) is 0.877. The van der Waals surface area contributed by atoms with Crippen molar-refractivity contribution in [3.8, 4) is 0 Å².